The first kappa shape index (κ1) is 28.7. The molecule has 0 aliphatic heterocycles. The van der Waals surface area contributed by atoms with Gasteiger partial charge in [-0.1, -0.05) is 109 Å². The number of furan rings is 2. The van der Waals surface area contributed by atoms with Gasteiger partial charge in [0.25, 0.3) is 0 Å². The van der Waals surface area contributed by atoms with Crippen LogP contribution in [0.1, 0.15) is 0 Å². The highest BCUT2D eigenvalue weighted by Crippen LogP contribution is 2.47. The highest BCUT2D eigenvalue weighted by molar-refractivity contribution is 6.24. The summed E-state index contributed by atoms with van der Waals surface area (Å²) in [5.74, 6) is 0.529. The molecule has 0 saturated heterocycles. The van der Waals surface area contributed by atoms with Crippen molar-refractivity contribution in [1.82, 2.24) is 4.98 Å². The molecule has 3 heterocycles. The number of rotatable bonds is 5. The molecule has 5 nitrogen and oxygen atoms in total. The van der Waals surface area contributed by atoms with Gasteiger partial charge in [-0.3, -0.25) is 0 Å². The normalized spacial score (nSPS) is 11.8. The Balaban J connectivity index is 1.23. The van der Waals surface area contributed by atoms with Gasteiger partial charge in [-0.25, -0.2) is 4.98 Å². The summed E-state index contributed by atoms with van der Waals surface area (Å²) in [6, 6.07) is 58.5. The van der Waals surface area contributed by atoms with Crippen molar-refractivity contribution in [2.24, 2.45) is 0 Å². The van der Waals surface area contributed by atoms with E-state index < -0.39 is 0 Å². The number of fused-ring (bicyclic) bond motifs is 10. The van der Waals surface area contributed by atoms with Crippen LogP contribution in [0.4, 0.5) is 17.1 Å². The van der Waals surface area contributed by atoms with Crippen molar-refractivity contribution in [2.75, 3.05) is 4.90 Å². The zero-order valence-electron chi connectivity index (χ0n) is 27.8. The van der Waals surface area contributed by atoms with E-state index in [9.17, 15) is 0 Å². The summed E-state index contributed by atoms with van der Waals surface area (Å²) < 4.78 is 19.9. The molecule has 0 aliphatic rings. The summed E-state index contributed by atoms with van der Waals surface area (Å²) in [5, 5.41) is 6.45. The molecule has 0 unspecified atom stereocenters. The van der Waals surface area contributed by atoms with Gasteiger partial charge in [0.05, 0.1) is 11.4 Å². The van der Waals surface area contributed by atoms with Crippen LogP contribution in [0.2, 0.25) is 0 Å². The van der Waals surface area contributed by atoms with Gasteiger partial charge in [-0.05, 0) is 76.5 Å². The van der Waals surface area contributed by atoms with Gasteiger partial charge in [0.15, 0.2) is 16.7 Å². The molecule has 0 radical (unpaired) electrons. The van der Waals surface area contributed by atoms with Crippen LogP contribution < -0.4 is 4.90 Å². The van der Waals surface area contributed by atoms with Crippen LogP contribution in [0.15, 0.2) is 183 Å². The monoisotopic (exact) mass is 668 g/mol. The Morgan fingerprint density at radius 3 is 1.90 bits per heavy atom. The number of benzene rings is 8. The third-order valence-corrected chi connectivity index (χ3v) is 10.1. The zero-order chi connectivity index (χ0) is 34.2. The average Bonchev–Trinajstić information content (AvgIpc) is 3.93. The predicted molar refractivity (Wildman–Crippen MR) is 212 cm³/mol. The van der Waals surface area contributed by atoms with Gasteiger partial charge in [-0.15, -0.1) is 0 Å². The van der Waals surface area contributed by atoms with Crippen molar-refractivity contribution in [3.63, 3.8) is 0 Å². The van der Waals surface area contributed by atoms with Crippen molar-refractivity contribution in [1.29, 1.82) is 0 Å². The minimum atomic E-state index is 0.529. The molecule has 0 N–H and O–H groups in total. The number of hydrogen-bond donors (Lipinski definition) is 0. The van der Waals surface area contributed by atoms with Crippen LogP contribution in [0, 0.1) is 0 Å². The zero-order valence-corrected chi connectivity index (χ0v) is 27.8. The third kappa shape index (κ3) is 4.39. The number of nitrogens with zero attached hydrogens (tertiary/aromatic N) is 2. The number of para-hydroxylation sites is 1. The first-order chi connectivity index (χ1) is 25.8. The summed E-state index contributed by atoms with van der Waals surface area (Å²) in [7, 11) is 0. The van der Waals surface area contributed by atoms with Crippen LogP contribution in [-0.4, -0.2) is 4.98 Å². The van der Waals surface area contributed by atoms with Crippen molar-refractivity contribution in [3.05, 3.63) is 170 Å². The smallest absolute Gasteiger partial charge is 0.227 e. The molecule has 0 aliphatic carbocycles. The summed E-state index contributed by atoms with van der Waals surface area (Å²) >= 11 is 0. The molecule has 5 heteroatoms. The van der Waals surface area contributed by atoms with E-state index in [-0.39, 0.29) is 0 Å². The molecule has 11 aromatic rings. The van der Waals surface area contributed by atoms with Crippen LogP contribution in [0.5, 0.6) is 0 Å². The molecule has 8 aromatic carbocycles. The molecule has 0 amide bonds. The lowest BCUT2D eigenvalue weighted by atomic mass is 10.0. The van der Waals surface area contributed by atoms with E-state index in [2.05, 4.69) is 120 Å². The molecular formula is C47H28N2O3. The summed E-state index contributed by atoms with van der Waals surface area (Å²) in [5.41, 5.74) is 10.4. The van der Waals surface area contributed by atoms with Crippen LogP contribution in [-0.2, 0) is 0 Å². The van der Waals surface area contributed by atoms with Gasteiger partial charge in [-0.2, -0.15) is 0 Å². The topological polar surface area (TPSA) is 55.6 Å². The Bertz CT molecular complexity index is 3120. The SMILES string of the molecule is c1ccc(-c2ccc(N(c3ccc4c(c3)oc3ccccc34)c3cc4c(oc5ccc6ccccc6c54)c4nc(-c5ccccc5)oc34)cc2)cc1. The number of oxazole rings is 1. The molecule has 0 spiro atoms. The maximum Gasteiger partial charge on any atom is 0.227 e. The largest absolute Gasteiger partial charge is 0.456 e. The second kappa shape index (κ2) is 11.2. The van der Waals surface area contributed by atoms with E-state index in [1.165, 1.54) is 0 Å². The van der Waals surface area contributed by atoms with E-state index in [1.54, 1.807) is 0 Å². The van der Waals surface area contributed by atoms with Crippen LogP contribution in [0.25, 0.3) is 88.3 Å². The Labute approximate surface area is 297 Å². The molecule has 0 bridgehead atoms. The van der Waals surface area contributed by atoms with Crippen molar-refractivity contribution in [2.45, 2.75) is 0 Å². The molecule has 0 atom stereocenters. The van der Waals surface area contributed by atoms with E-state index >= 15 is 0 Å². The van der Waals surface area contributed by atoms with Crippen molar-refractivity contribution >= 4 is 82.8 Å². The fraction of sp³-hybridized carbons (Fsp3) is 0. The maximum atomic E-state index is 6.79. The van der Waals surface area contributed by atoms with Gasteiger partial charge >= 0.3 is 0 Å². The lowest BCUT2D eigenvalue weighted by Crippen LogP contribution is -2.10. The number of anilines is 3. The maximum absolute atomic E-state index is 6.79. The van der Waals surface area contributed by atoms with Gasteiger partial charge in [0, 0.05) is 38.9 Å². The van der Waals surface area contributed by atoms with Gasteiger partial charge in [0.1, 0.15) is 16.7 Å². The summed E-state index contributed by atoms with van der Waals surface area (Å²) in [6.45, 7) is 0. The molecule has 0 saturated carbocycles. The average molecular weight is 669 g/mol. The third-order valence-electron chi connectivity index (χ3n) is 10.1. The first-order valence-corrected chi connectivity index (χ1v) is 17.4. The van der Waals surface area contributed by atoms with Crippen LogP contribution in [0.3, 0.4) is 0 Å². The second-order valence-corrected chi connectivity index (χ2v) is 13.1. The van der Waals surface area contributed by atoms with E-state index in [0.717, 1.165) is 82.8 Å². The Morgan fingerprint density at radius 1 is 0.404 bits per heavy atom. The lowest BCUT2D eigenvalue weighted by molar-refractivity contribution is 0.620. The highest BCUT2D eigenvalue weighted by Gasteiger charge is 2.26. The summed E-state index contributed by atoms with van der Waals surface area (Å²) in [4.78, 5) is 7.39. The van der Waals surface area contributed by atoms with E-state index in [4.69, 9.17) is 18.2 Å². The molecule has 0 fully saturated rings. The minimum Gasteiger partial charge on any atom is -0.456 e. The standard InChI is InChI=1S/C47H28N2O3/c1-3-11-29(12-4-1)30-19-22-33(23-20-30)49(34-24-25-37-36-17-9-10-18-40(36)50-42(37)27-34)39-28-38-43-35-16-8-7-13-31(35)21-26-41(43)51-45(38)44-46(39)52-47(48-44)32-14-5-2-6-15-32/h1-28H. The van der Waals surface area contributed by atoms with Gasteiger partial charge in [0.2, 0.25) is 5.89 Å². The molecule has 3 aromatic heterocycles. The molecule has 11 rings (SSSR count). The molecule has 244 valence electrons. The Morgan fingerprint density at radius 2 is 1.08 bits per heavy atom. The Hall–Kier alpha value is -7.11. The van der Waals surface area contributed by atoms with Crippen molar-refractivity contribution < 1.29 is 13.3 Å². The van der Waals surface area contributed by atoms with Gasteiger partial charge < -0.3 is 18.2 Å². The molecular weight excluding hydrogens is 641 g/mol. The summed E-state index contributed by atoms with van der Waals surface area (Å²) in [6.07, 6.45) is 0. The fourth-order valence-corrected chi connectivity index (χ4v) is 7.64. The highest BCUT2D eigenvalue weighted by atomic mass is 16.4. The minimum absolute atomic E-state index is 0.529. The lowest BCUT2D eigenvalue weighted by Gasteiger charge is -2.25. The second-order valence-electron chi connectivity index (χ2n) is 13.1. The quantitative estimate of drug-likeness (QED) is 0.183. The van der Waals surface area contributed by atoms with E-state index in [0.29, 0.717) is 22.6 Å². The molecule has 52 heavy (non-hydrogen) atoms. The van der Waals surface area contributed by atoms with Crippen LogP contribution >= 0.6 is 0 Å². The van der Waals surface area contributed by atoms with Crippen molar-refractivity contribution in [3.8, 4) is 22.6 Å². The predicted octanol–water partition coefficient (Wildman–Crippen LogP) is 13.6. The number of aromatic nitrogens is 1. The fourth-order valence-electron chi connectivity index (χ4n) is 7.64. The van der Waals surface area contributed by atoms with E-state index in [1.807, 2.05) is 54.6 Å². The first-order valence-electron chi connectivity index (χ1n) is 17.4. The Kier molecular flexibility index (Phi) is 6.18. The number of hydrogen-bond acceptors (Lipinski definition) is 5.